The second-order valence-electron chi connectivity index (χ2n) is 5.26. The van der Waals surface area contributed by atoms with E-state index >= 15 is 0 Å². The summed E-state index contributed by atoms with van der Waals surface area (Å²) in [6.45, 7) is 10.2. The first kappa shape index (κ1) is 15.6. The van der Waals surface area contributed by atoms with E-state index in [0.29, 0.717) is 0 Å². The minimum atomic E-state index is 0.134. The van der Waals surface area contributed by atoms with Gasteiger partial charge in [-0.05, 0) is 44.9 Å². The number of aryl methyl sites for hydroxylation is 3. The maximum Gasteiger partial charge on any atom is 0.0679 e. The quantitative estimate of drug-likeness (QED) is 0.850. The molecule has 2 heterocycles. The van der Waals surface area contributed by atoms with Crippen LogP contribution < -0.4 is 5.32 Å². The van der Waals surface area contributed by atoms with Gasteiger partial charge in [-0.1, -0.05) is 13.8 Å². The van der Waals surface area contributed by atoms with Crippen LogP contribution in [-0.2, 0) is 13.0 Å². The zero-order chi connectivity index (χ0) is 15.2. The monoisotopic (exact) mass is 287 g/mol. The Morgan fingerprint density at radius 1 is 1.24 bits per heavy atom. The Kier molecular flexibility index (Phi) is 5.44. The Morgan fingerprint density at radius 2 is 2.05 bits per heavy atom. The van der Waals surface area contributed by atoms with Gasteiger partial charge in [0.25, 0.3) is 0 Å². The molecule has 0 fully saturated rings. The van der Waals surface area contributed by atoms with Gasteiger partial charge in [0, 0.05) is 18.3 Å². The van der Waals surface area contributed by atoms with Crippen molar-refractivity contribution in [1.29, 1.82) is 0 Å². The van der Waals surface area contributed by atoms with Crippen molar-refractivity contribution < 1.29 is 0 Å². The molecule has 0 aliphatic heterocycles. The summed E-state index contributed by atoms with van der Waals surface area (Å²) in [6.07, 6.45) is 6.04. The zero-order valence-electron chi connectivity index (χ0n) is 13.4. The Hall–Kier alpha value is -1.75. The van der Waals surface area contributed by atoms with Crippen molar-refractivity contribution >= 4 is 0 Å². The topological polar surface area (TPSA) is 55.6 Å². The average Bonchev–Trinajstić information content (AvgIpc) is 2.97. The summed E-state index contributed by atoms with van der Waals surface area (Å²) < 4.78 is 1.96. The lowest BCUT2D eigenvalue weighted by Crippen LogP contribution is -2.24. The number of nitrogens with one attached hydrogen (secondary N) is 1. The molecule has 1 atom stereocenters. The van der Waals surface area contributed by atoms with E-state index in [1.54, 1.807) is 0 Å². The highest BCUT2D eigenvalue weighted by molar-refractivity contribution is 5.33. The Morgan fingerprint density at radius 3 is 2.67 bits per heavy atom. The minimum Gasteiger partial charge on any atom is -0.306 e. The lowest BCUT2D eigenvalue weighted by molar-refractivity contribution is 0.586. The second kappa shape index (κ2) is 7.31. The van der Waals surface area contributed by atoms with Crippen LogP contribution in [0, 0.1) is 6.92 Å². The predicted octanol–water partition coefficient (Wildman–Crippen LogP) is 2.65. The molecule has 0 aromatic carbocycles. The molecule has 5 heteroatoms. The molecule has 2 rings (SSSR count). The lowest BCUT2D eigenvalue weighted by Gasteiger charge is -2.20. The van der Waals surface area contributed by atoms with Crippen LogP contribution >= 0.6 is 0 Å². The van der Waals surface area contributed by atoms with Crippen molar-refractivity contribution in [3.63, 3.8) is 0 Å². The molecular formula is C16H25N5. The third-order valence-corrected chi connectivity index (χ3v) is 3.58. The third-order valence-electron chi connectivity index (χ3n) is 3.58. The molecule has 0 amide bonds. The SMILES string of the molecule is CCCNC(c1cnn(CC)c1)c1cc(C)nnc1CC. The number of nitrogens with zero attached hydrogens (tertiary/aromatic N) is 4. The van der Waals surface area contributed by atoms with Crippen LogP contribution in [-0.4, -0.2) is 26.5 Å². The van der Waals surface area contributed by atoms with Crippen LogP contribution in [0.15, 0.2) is 18.5 Å². The second-order valence-corrected chi connectivity index (χ2v) is 5.26. The van der Waals surface area contributed by atoms with E-state index in [1.807, 2.05) is 17.8 Å². The normalized spacial score (nSPS) is 12.6. The molecule has 5 nitrogen and oxygen atoms in total. The molecule has 0 saturated heterocycles. The van der Waals surface area contributed by atoms with Gasteiger partial charge in [0.2, 0.25) is 0 Å². The molecular weight excluding hydrogens is 262 g/mol. The lowest BCUT2D eigenvalue weighted by atomic mass is 9.98. The molecule has 0 spiro atoms. The standard InChI is InChI=1S/C16H25N5/c1-5-8-17-16(13-10-18-21(7-3)11-13)14-9-12(4)19-20-15(14)6-2/h9-11,16-17H,5-8H2,1-4H3. The summed E-state index contributed by atoms with van der Waals surface area (Å²) in [7, 11) is 0. The van der Waals surface area contributed by atoms with Crippen LogP contribution in [0.1, 0.15) is 55.7 Å². The van der Waals surface area contributed by atoms with Gasteiger partial charge in [-0.2, -0.15) is 15.3 Å². The summed E-state index contributed by atoms with van der Waals surface area (Å²) in [6, 6.07) is 2.28. The van der Waals surface area contributed by atoms with Crippen molar-refractivity contribution in [2.75, 3.05) is 6.54 Å². The van der Waals surface area contributed by atoms with Gasteiger partial charge in [0.05, 0.1) is 23.6 Å². The summed E-state index contributed by atoms with van der Waals surface area (Å²) in [5, 5.41) is 16.6. The highest BCUT2D eigenvalue weighted by Crippen LogP contribution is 2.24. The molecule has 1 N–H and O–H groups in total. The number of rotatable bonds is 7. The van der Waals surface area contributed by atoms with Gasteiger partial charge < -0.3 is 5.32 Å². The van der Waals surface area contributed by atoms with Crippen LogP contribution in [0.3, 0.4) is 0 Å². The van der Waals surface area contributed by atoms with Gasteiger partial charge in [0.1, 0.15) is 0 Å². The maximum atomic E-state index is 4.41. The van der Waals surface area contributed by atoms with E-state index in [-0.39, 0.29) is 6.04 Å². The molecule has 0 aliphatic rings. The van der Waals surface area contributed by atoms with E-state index in [2.05, 4.69) is 53.6 Å². The van der Waals surface area contributed by atoms with Crippen LogP contribution in [0.4, 0.5) is 0 Å². The van der Waals surface area contributed by atoms with Gasteiger partial charge in [-0.15, -0.1) is 0 Å². The first-order valence-electron chi connectivity index (χ1n) is 7.78. The number of hydrogen-bond donors (Lipinski definition) is 1. The molecule has 2 aromatic rings. The van der Waals surface area contributed by atoms with Gasteiger partial charge in [0.15, 0.2) is 0 Å². The summed E-state index contributed by atoms with van der Waals surface area (Å²) in [5.74, 6) is 0. The largest absolute Gasteiger partial charge is 0.306 e. The molecule has 0 bridgehead atoms. The van der Waals surface area contributed by atoms with E-state index in [9.17, 15) is 0 Å². The van der Waals surface area contributed by atoms with Crippen molar-refractivity contribution in [1.82, 2.24) is 25.3 Å². The molecule has 0 saturated carbocycles. The van der Waals surface area contributed by atoms with Crippen molar-refractivity contribution in [2.45, 2.75) is 53.1 Å². The van der Waals surface area contributed by atoms with E-state index in [1.165, 1.54) is 11.1 Å². The Balaban J connectivity index is 2.41. The fraction of sp³-hybridized carbons (Fsp3) is 0.562. The van der Waals surface area contributed by atoms with Crippen molar-refractivity contribution in [2.24, 2.45) is 0 Å². The number of aromatic nitrogens is 4. The third kappa shape index (κ3) is 3.67. The van der Waals surface area contributed by atoms with E-state index in [4.69, 9.17) is 0 Å². The van der Waals surface area contributed by atoms with Gasteiger partial charge >= 0.3 is 0 Å². The van der Waals surface area contributed by atoms with Crippen LogP contribution in [0.5, 0.6) is 0 Å². The molecule has 2 aromatic heterocycles. The summed E-state index contributed by atoms with van der Waals surface area (Å²) in [5.41, 5.74) is 4.41. The molecule has 21 heavy (non-hydrogen) atoms. The molecule has 0 aliphatic carbocycles. The molecule has 114 valence electrons. The van der Waals surface area contributed by atoms with E-state index in [0.717, 1.165) is 37.3 Å². The van der Waals surface area contributed by atoms with Crippen LogP contribution in [0.25, 0.3) is 0 Å². The first-order chi connectivity index (χ1) is 10.2. The predicted molar refractivity (Wildman–Crippen MR) is 84.2 cm³/mol. The van der Waals surface area contributed by atoms with Crippen molar-refractivity contribution in [3.8, 4) is 0 Å². The van der Waals surface area contributed by atoms with Gasteiger partial charge in [-0.25, -0.2) is 0 Å². The summed E-state index contributed by atoms with van der Waals surface area (Å²) >= 11 is 0. The van der Waals surface area contributed by atoms with Gasteiger partial charge in [-0.3, -0.25) is 4.68 Å². The average molecular weight is 287 g/mol. The smallest absolute Gasteiger partial charge is 0.0679 e. The fourth-order valence-corrected chi connectivity index (χ4v) is 2.46. The summed E-state index contributed by atoms with van der Waals surface area (Å²) in [4.78, 5) is 0. The van der Waals surface area contributed by atoms with E-state index < -0.39 is 0 Å². The number of hydrogen-bond acceptors (Lipinski definition) is 4. The highest BCUT2D eigenvalue weighted by atomic mass is 15.3. The van der Waals surface area contributed by atoms with Crippen LogP contribution in [0.2, 0.25) is 0 Å². The minimum absolute atomic E-state index is 0.134. The molecule has 1 unspecified atom stereocenters. The van der Waals surface area contributed by atoms with Crippen molar-refractivity contribution in [3.05, 3.63) is 41.0 Å². The first-order valence-corrected chi connectivity index (χ1v) is 7.78. The molecule has 0 radical (unpaired) electrons. The Labute approximate surface area is 126 Å². The zero-order valence-corrected chi connectivity index (χ0v) is 13.4. The highest BCUT2D eigenvalue weighted by Gasteiger charge is 2.19. The Bertz CT molecular complexity index is 576. The maximum absolute atomic E-state index is 4.41. The fourth-order valence-electron chi connectivity index (χ4n) is 2.46.